The molecule has 0 fully saturated rings. The van der Waals surface area contributed by atoms with Gasteiger partial charge in [-0.3, -0.25) is 37.3 Å². The Bertz CT molecular complexity index is 1750. The van der Waals surface area contributed by atoms with Crippen molar-refractivity contribution in [2.24, 2.45) is 23.7 Å². The van der Waals surface area contributed by atoms with Crippen LogP contribution < -0.4 is 0 Å². The van der Waals surface area contributed by atoms with Crippen LogP contribution in [0.5, 0.6) is 0 Å². The highest BCUT2D eigenvalue weighted by atomic mass is 31.2. The van der Waals surface area contributed by atoms with E-state index in [0.29, 0.717) is 31.6 Å². The second kappa shape index (κ2) is 58.8. The molecule has 19 heteroatoms. The molecular weight excluding hydrogens is 1160 g/mol. The molecule has 0 aromatic rings. The highest BCUT2D eigenvalue weighted by molar-refractivity contribution is 7.47. The van der Waals surface area contributed by atoms with Gasteiger partial charge in [0.1, 0.15) is 19.3 Å². The van der Waals surface area contributed by atoms with Crippen LogP contribution in [0.2, 0.25) is 0 Å². The maximum absolute atomic E-state index is 13.0. The lowest BCUT2D eigenvalue weighted by atomic mass is 10.00. The second-order valence-corrected chi connectivity index (χ2v) is 29.5. The molecule has 0 aromatic carbocycles. The molecule has 522 valence electrons. The Balaban J connectivity index is 5.24. The molecule has 0 radical (unpaired) electrons. The van der Waals surface area contributed by atoms with Crippen LogP contribution in [0.15, 0.2) is 0 Å². The van der Waals surface area contributed by atoms with Gasteiger partial charge >= 0.3 is 39.5 Å². The van der Waals surface area contributed by atoms with E-state index in [0.717, 1.165) is 114 Å². The highest BCUT2D eigenvalue weighted by Gasteiger charge is 2.30. The molecule has 88 heavy (non-hydrogen) atoms. The molecule has 0 saturated heterocycles. The maximum Gasteiger partial charge on any atom is 0.472 e. The largest absolute Gasteiger partial charge is 0.472 e. The Labute approximate surface area is 537 Å². The number of aliphatic hydroxyl groups is 1. The van der Waals surface area contributed by atoms with E-state index in [9.17, 15) is 43.2 Å². The number of phosphoric acid groups is 2. The lowest BCUT2D eigenvalue weighted by Gasteiger charge is -2.21. The van der Waals surface area contributed by atoms with Crippen molar-refractivity contribution in [3.8, 4) is 0 Å². The van der Waals surface area contributed by atoms with Crippen molar-refractivity contribution in [1.82, 2.24) is 0 Å². The number of carbonyl (C=O) groups is 4. The van der Waals surface area contributed by atoms with Crippen molar-refractivity contribution in [3.63, 3.8) is 0 Å². The van der Waals surface area contributed by atoms with E-state index in [2.05, 4.69) is 55.4 Å². The van der Waals surface area contributed by atoms with E-state index in [1.807, 2.05) is 0 Å². The number of unbranched alkanes of at least 4 members (excludes halogenated alkanes) is 31. The molecule has 0 saturated carbocycles. The minimum Gasteiger partial charge on any atom is -0.462 e. The number of hydrogen-bond donors (Lipinski definition) is 3. The zero-order chi connectivity index (χ0) is 65.4. The monoisotopic (exact) mass is 1300 g/mol. The molecule has 0 bridgehead atoms. The molecule has 3 N–H and O–H groups in total. The Morgan fingerprint density at radius 3 is 0.807 bits per heavy atom. The summed E-state index contributed by atoms with van der Waals surface area (Å²) in [5.74, 6) is 0.810. The topological polar surface area (TPSA) is 237 Å². The molecule has 0 aliphatic rings. The van der Waals surface area contributed by atoms with Crippen molar-refractivity contribution in [3.05, 3.63) is 0 Å². The second-order valence-electron chi connectivity index (χ2n) is 26.6. The first-order valence-corrected chi connectivity index (χ1v) is 38.7. The zero-order valence-corrected chi connectivity index (χ0v) is 59.1. The van der Waals surface area contributed by atoms with E-state index in [1.165, 1.54) is 135 Å². The fourth-order valence-electron chi connectivity index (χ4n) is 10.3. The quantitative estimate of drug-likeness (QED) is 0.0222. The van der Waals surface area contributed by atoms with Crippen LogP contribution in [-0.4, -0.2) is 96.7 Å². The average molecular weight is 1300 g/mol. The molecule has 0 aromatic heterocycles. The van der Waals surface area contributed by atoms with Crippen LogP contribution in [-0.2, 0) is 65.4 Å². The van der Waals surface area contributed by atoms with Gasteiger partial charge in [0.05, 0.1) is 26.4 Å². The lowest BCUT2D eigenvalue weighted by Crippen LogP contribution is -2.30. The number of ether oxygens (including phenoxy) is 4. The Hall–Kier alpha value is -1.94. The minimum absolute atomic E-state index is 0.101. The molecule has 0 aliphatic heterocycles. The molecule has 0 spiro atoms. The number of phosphoric ester groups is 2. The predicted molar refractivity (Wildman–Crippen MR) is 354 cm³/mol. The first kappa shape index (κ1) is 86.1. The minimum atomic E-state index is -4.95. The number of esters is 4. The summed E-state index contributed by atoms with van der Waals surface area (Å²) in [6, 6.07) is 0. The van der Waals surface area contributed by atoms with Gasteiger partial charge in [0.15, 0.2) is 12.2 Å². The SMILES string of the molecule is CCC(C)CCCCCCCCC(=O)O[C@H](COC(=O)CCCCCCCCC(C)C)COP(=O)(O)OC[C@H](O)COP(=O)(O)OC[C@@H](COC(=O)CCCCCCCCCCCCC(C)C)OC(=O)CCCCCCCCCCCCCCCC(C)C. The third-order valence-corrected chi connectivity index (χ3v) is 18.1. The van der Waals surface area contributed by atoms with E-state index >= 15 is 0 Å². The van der Waals surface area contributed by atoms with Crippen LogP contribution in [0.1, 0.15) is 338 Å². The summed E-state index contributed by atoms with van der Waals surface area (Å²) >= 11 is 0. The van der Waals surface area contributed by atoms with Gasteiger partial charge in [-0.25, -0.2) is 9.13 Å². The standard InChI is InChI=1S/C69H134O17P2/c1-9-62(8)48-40-32-26-28-36-44-52-69(74)86-65(56-80-67(72)50-42-34-27-25-31-39-47-61(6)7)58-84-88(77,78)82-54-63(70)53-81-87(75,76)83-57-64(55-79-66(71)49-41-33-23-19-16-15-18-22-30-38-46-60(4)5)85-68(73)51-43-35-24-20-14-12-10-11-13-17-21-29-37-45-59(2)3/h59-65,70H,9-58H2,1-8H3,(H,75,76)(H,77,78)/t62?,63-,64-,65-/m1/s1. The lowest BCUT2D eigenvalue weighted by molar-refractivity contribution is -0.161. The number of carbonyl (C=O) groups excluding carboxylic acids is 4. The summed E-state index contributed by atoms with van der Waals surface area (Å²) in [6.45, 7) is 14.0. The average Bonchev–Trinajstić information content (AvgIpc) is 3.63. The molecule has 0 amide bonds. The van der Waals surface area contributed by atoms with Crippen molar-refractivity contribution >= 4 is 39.5 Å². The van der Waals surface area contributed by atoms with Crippen molar-refractivity contribution in [1.29, 1.82) is 0 Å². The molecule has 17 nitrogen and oxygen atoms in total. The summed E-state index contributed by atoms with van der Waals surface area (Å²) in [7, 11) is -9.90. The third-order valence-electron chi connectivity index (χ3n) is 16.2. The normalized spacial score (nSPS) is 14.6. The van der Waals surface area contributed by atoms with E-state index in [1.54, 1.807) is 0 Å². The molecule has 0 heterocycles. The van der Waals surface area contributed by atoms with Crippen LogP contribution >= 0.6 is 15.6 Å². The van der Waals surface area contributed by atoms with Crippen molar-refractivity contribution in [2.45, 2.75) is 356 Å². The molecule has 3 unspecified atom stereocenters. The summed E-state index contributed by atoms with van der Waals surface area (Å²) < 4.78 is 68.2. The van der Waals surface area contributed by atoms with Gasteiger partial charge < -0.3 is 33.8 Å². The van der Waals surface area contributed by atoms with Crippen molar-refractivity contribution < 1.29 is 80.2 Å². The Morgan fingerprint density at radius 1 is 0.318 bits per heavy atom. The molecule has 6 atom stereocenters. The third kappa shape index (κ3) is 61.6. The molecular formula is C69H134O17P2. The fraction of sp³-hybridized carbons (Fsp3) is 0.942. The summed E-state index contributed by atoms with van der Waals surface area (Å²) in [5, 5.41) is 10.6. The van der Waals surface area contributed by atoms with Gasteiger partial charge in [-0.15, -0.1) is 0 Å². The summed E-state index contributed by atoms with van der Waals surface area (Å²) in [5.41, 5.74) is 0. The van der Waals surface area contributed by atoms with Gasteiger partial charge in [0.25, 0.3) is 0 Å². The fourth-order valence-corrected chi connectivity index (χ4v) is 11.9. The smallest absolute Gasteiger partial charge is 0.462 e. The van der Waals surface area contributed by atoms with Gasteiger partial charge in [-0.1, -0.05) is 287 Å². The molecule has 0 rings (SSSR count). The van der Waals surface area contributed by atoms with Crippen LogP contribution in [0.4, 0.5) is 0 Å². The van der Waals surface area contributed by atoms with Crippen LogP contribution in [0, 0.1) is 23.7 Å². The Morgan fingerprint density at radius 2 is 0.545 bits per heavy atom. The zero-order valence-electron chi connectivity index (χ0n) is 57.3. The van der Waals surface area contributed by atoms with Gasteiger partial charge in [0, 0.05) is 25.7 Å². The first-order chi connectivity index (χ1) is 42.1. The summed E-state index contributed by atoms with van der Waals surface area (Å²) in [4.78, 5) is 72.4. The first-order valence-electron chi connectivity index (χ1n) is 35.7. The van der Waals surface area contributed by atoms with Gasteiger partial charge in [0.2, 0.25) is 0 Å². The van der Waals surface area contributed by atoms with Crippen LogP contribution in [0.3, 0.4) is 0 Å². The maximum atomic E-state index is 13.0. The van der Waals surface area contributed by atoms with Gasteiger partial charge in [-0.2, -0.15) is 0 Å². The summed E-state index contributed by atoms with van der Waals surface area (Å²) in [6.07, 6.45) is 40.5. The van der Waals surface area contributed by atoms with Crippen LogP contribution in [0.25, 0.3) is 0 Å². The highest BCUT2D eigenvalue weighted by Crippen LogP contribution is 2.45. The van der Waals surface area contributed by atoms with E-state index < -0.39 is 97.5 Å². The number of hydrogen-bond acceptors (Lipinski definition) is 15. The Kier molecular flexibility index (Phi) is 57.6. The van der Waals surface area contributed by atoms with Crippen molar-refractivity contribution in [2.75, 3.05) is 39.6 Å². The van der Waals surface area contributed by atoms with E-state index in [-0.39, 0.29) is 25.7 Å². The van der Waals surface area contributed by atoms with E-state index in [4.69, 9.17) is 37.0 Å². The van der Waals surface area contributed by atoms with Gasteiger partial charge in [-0.05, 0) is 49.4 Å². The molecule has 0 aliphatic carbocycles. The number of aliphatic hydroxyl groups excluding tert-OH is 1. The predicted octanol–water partition coefficient (Wildman–Crippen LogP) is 19.3. The number of rotatable bonds is 66.